The summed E-state index contributed by atoms with van der Waals surface area (Å²) in [6, 6.07) is 10.5. The maximum Gasteiger partial charge on any atom is 0.307 e. The zero-order chi connectivity index (χ0) is 15.4. The van der Waals surface area contributed by atoms with Crippen LogP contribution in [0.4, 0.5) is 8.78 Å². The molecule has 5 heteroatoms. The summed E-state index contributed by atoms with van der Waals surface area (Å²) in [5.74, 6) is -2.86. The predicted octanol–water partition coefficient (Wildman–Crippen LogP) is 4.21. The highest BCUT2D eigenvalue weighted by Gasteiger charge is 2.21. The smallest absolute Gasteiger partial charge is 0.307 e. The van der Waals surface area contributed by atoms with Crippen LogP contribution in [0, 0.1) is 17.6 Å². The summed E-state index contributed by atoms with van der Waals surface area (Å²) in [5, 5.41) is 9.28. The largest absolute Gasteiger partial charge is 0.481 e. The van der Waals surface area contributed by atoms with Crippen LogP contribution in [0.15, 0.2) is 46.9 Å². The van der Waals surface area contributed by atoms with E-state index in [4.69, 9.17) is 0 Å². The molecule has 2 aromatic carbocycles. The molecule has 0 heterocycles. The second-order valence-corrected chi connectivity index (χ2v) is 5.69. The fourth-order valence-corrected chi connectivity index (χ4v) is 2.46. The molecule has 0 saturated heterocycles. The van der Waals surface area contributed by atoms with Crippen molar-refractivity contribution in [2.24, 2.45) is 5.92 Å². The highest BCUT2D eigenvalue weighted by Crippen LogP contribution is 2.21. The van der Waals surface area contributed by atoms with Crippen LogP contribution in [0.5, 0.6) is 0 Å². The van der Waals surface area contributed by atoms with E-state index in [9.17, 15) is 18.7 Å². The minimum absolute atomic E-state index is 0.0166. The number of carbonyl (C=O) groups is 1. The van der Waals surface area contributed by atoms with Gasteiger partial charge in [0.15, 0.2) is 0 Å². The summed E-state index contributed by atoms with van der Waals surface area (Å²) < 4.78 is 28.0. The molecule has 0 bridgehead atoms. The van der Waals surface area contributed by atoms with E-state index in [0.29, 0.717) is 15.6 Å². The number of aliphatic carboxylic acids is 1. The topological polar surface area (TPSA) is 37.3 Å². The van der Waals surface area contributed by atoms with E-state index >= 15 is 0 Å². The molecule has 110 valence electrons. The summed E-state index contributed by atoms with van der Waals surface area (Å²) in [5.41, 5.74) is 0.629. The molecule has 0 fully saturated rings. The Morgan fingerprint density at radius 2 is 1.67 bits per heavy atom. The van der Waals surface area contributed by atoms with Crippen molar-refractivity contribution in [3.05, 3.63) is 69.7 Å². The van der Waals surface area contributed by atoms with Gasteiger partial charge in [0.05, 0.1) is 5.92 Å². The van der Waals surface area contributed by atoms with Crippen molar-refractivity contribution in [1.29, 1.82) is 0 Å². The lowest BCUT2D eigenvalue weighted by Gasteiger charge is -2.13. The van der Waals surface area contributed by atoms with E-state index in [2.05, 4.69) is 15.9 Å². The number of hydrogen-bond donors (Lipinski definition) is 1. The Labute approximate surface area is 129 Å². The Balaban J connectivity index is 2.20. The van der Waals surface area contributed by atoms with Crippen molar-refractivity contribution in [3.63, 3.8) is 0 Å². The molecule has 0 aliphatic heterocycles. The average molecular weight is 355 g/mol. The first kappa shape index (κ1) is 15.6. The molecule has 1 unspecified atom stereocenters. The molecule has 0 aliphatic carbocycles. The molecule has 0 aliphatic rings. The maximum absolute atomic E-state index is 13.8. The minimum atomic E-state index is -1.07. The number of carboxylic acid groups (broad SMARTS) is 1. The van der Waals surface area contributed by atoms with Crippen LogP contribution in [-0.4, -0.2) is 11.1 Å². The van der Waals surface area contributed by atoms with Crippen LogP contribution in [0.25, 0.3) is 0 Å². The van der Waals surface area contributed by atoms with Gasteiger partial charge in [0.1, 0.15) is 11.6 Å². The predicted molar refractivity (Wildman–Crippen MR) is 79.0 cm³/mol. The molecule has 2 rings (SSSR count). The summed E-state index contributed by atoms with van der Waals surface area (Å²) in [6.45, 7) is 0. The lowest BCUT2D eigenvalue weighted by molar-refractivity contribution is -0.141. The number of carboxylic acids is 1. The van der Waals surface area contributed by atoms with Crippen molar-refractivity contribution < 1.29 is 18.7 Å². The van der Waals surface area contributed by atoms with E-state index in [1.54, 1.807) is 24.3 Å². The van der Waals surface area contributed by atoms with Gasteiger partial charge in [-0.15, -0.1) is 0 Å². The van der Waals surface area contributed by atoms with Gasteiger partial charge in [-0.25, -0.2) is 8.78 Å². The zero-order valence-corrected chi connectivity index (χ0v) is 12.6. The van der Waals surface area contributed by atoms with Crippen LogP contribution >= 0.6 is 15.9 Å². The molecule has 0 spiro atoms. The van der Waals surface area contributed by atoms with Gasteiger partial charge in [-0.05, 0) is 42.2 Å². The van der Waals surface area contributed by atoms with E-state index < -0.39 is 23.5 Å². The van der Waals surface area contributed by atoms with Gasteiger partial charge in [-0.1, -0.05) is 40.2 Å². The zero-order valence-electron chi connectivity index (χ0n) is 11.0. The van der Waals surface area contributed by atoms with E-state index in [0.717, 1.165) is 0 Å². The van der Waals surface area contributed by atoms with E-state index in [1.807, 2.05) is 0 Å². The highest BCUT2D eigenvalue weighted by molar-refractivity contribution is 9.10. The van der Waals surface area contributed by atoms with Crippen LogP contribution < -0.4 is 0 Å². The second-order valence-electron chi connectivity index (χ2n) is 4.77. The Morgan fingerprint density at radius 1 is 1.05 bits per heavy atom. The SMILES string of the molecule is O=C(O)C(Cc1ccccc1F)Cc1ccc(Br)cc1F. The van der Waals surface area contributed by atoms with Crippen LogP contribution in [0.3, 0.4) is 0 Å². The normalized spacial score (nSPS) is 12.1. The molecule has 1 N–H and O–H groups in total. The average Bonchev–Trinajstić information content (AvgIpc) is 2.42. The third kappa shape index (κ3) is 4.11. The lowest BCUT2D eigenvalue weighted by Crippen LogP contribution is -2.20. The molecule has 0 aromatic heterocycles. The molecule has 2 nitrogen and oxygen atoms in total. The Hall–Kier alpha value is -1.75. The summed E-state index contributed by atoms with van der Waals surface area (Å²) >= 11 is 3.15. The Bertz CT molecular complexity index is 658. The van der Waals surface area contributed by atoms with Crippen LogP contribution in [0.2, 0.25) is 0 Å². The number of halogens is 3. The molecular weight excluding hydrogens is 342 g/mol. The highest BCUT2D eigenvalue weighted by atomic mass is 79.9. The van der Waals surface area contributed by atoms with E-state index in [1.165, 1.54) is 18.2 Å². The first-order valence-corrected chi connectivity index (χ1v) is 7.17. The molecule has 0 saturated carbocycles. The van der Waals surface area contributed by atoms with Gasteiger partial charge in [0.2, 0.25) is 0 Å². The van der Waals surface area contributed by atoms with Crippen molar-refractivity contribution in [1.82, 2.24) is 0 Å². The summed E-state index contributed by atoms with van der Waals surface area (Å²) in [6.07, 6.45) is 0.0420. The van der Waals surface area contributed by atoms with Gasteiger partial charge < -0.3 is 5.11 Å². The third-order valence-electron chi connectivity index (χ3n) is 3.25. The van der Waals surface area contributed by atoms with Gasteiger partial charge in [0, 0.05) is 4.47 Å². The molecule has 1 atom stereocenters. The number of hydrogen-bond acceptors (Lipinski definition) is 1. The Morgan fingerprint density at radius 3 is 2.24 bits per heavy atom. The van der Waals surface area contributed by atoms with Crippen molar-refractivity contribution in [2.45, 2.75) is 12.8 Å². The van der Waals surface area contributed by atoms with Gasteiger partial charge in [-0.3, -0.25) is 4.79 Å². The molecule has 0 radical (unpaired) electrons. The van der Waals surface area contributed by atoms with Crippen LogP contribution in [0.1, 0.15) is 11.1 Å². The van der Waals surface area contributed by atoms with E-state index in [-0.39, 0.29) is 12.8 Å². The van der Waals surface area contributed by atoms with Crippen molar-refractivity contribution in [3.8, 4) is 0 Å². The van der Waals surface area contributed by atoms with Crippen LogP contribution in [-0.2, 0) is 17.6 Å². The molecule has 21 heavy (non-hydrogen) atoms. The standard InChI is InChI=1S/C16H13BrF2O2/c17-13-6-5-11(15(19)9-13)8-12(16(20)21)7-10-3-1-2-4-14(10)18/h1-6,9,12H,7-8H2,(H,20,21). The summed E-state index contributed by atoms with van der Waals surface area (Å²) in [4.78, 5) is 11.3. The fourth-order valence-electron chi connectivity index (χ4n) is 2.13. The van der Waals surface area contributed by atoms with Gasteiger partial charge in [-0.2, -0.15) is 0 Å². The molecule has 2 aromatic rings. The lowest BCUT2D eigenvalue weighted by atomic mass is 9.92. The molecular formula is C16H13BrF2O2. The summed E-state index contributed by atoms with van der Waals surface area (Å²) in [7, 11) is 0. The number of benzene rings is 2. The van der Waals surface area contributed by atoms with Crippen molar-refractivity contribution in [2.75, 3.05) is 0 Å². The molecule has 0 amide bonds. The minimum Gasteiger partial charge on any atom is -0.481 e. The monoisotopic (exact) mass is 354 g/mol. The number of rotatable bonds is 5. The Kier molecular flexibility index (Phi) is 5.07. The fraction of sp³-hybridized carbons (Fsp3) is 0.188. The second kappa shape index (κ2) is 6.80. The quantitative estimate of drug-likeness (QED) is 0.872. The first-order chi connectivity index (χ1) is 9.97. The van der Waals surface area contributed by atoms with Gasteiger partial charge in [0.25, 0.3) is 0 Å². The van der Waals surface area contributed by atoms with Crippen molar-refractivity contribution >= 4 is 21.9 Å². The third-order valence-corrected chi connectivity index (χ3v) is 3.75. The first-order valence-electron chi connectivity index (χ1n) is 6.37. The van der Waals surface area contributed by atoms with Gasteiger partial charge >= 0.3 is 5.97 Å². The maximum atomic E-state index is 13.8.